The van der Waals surface area contributed by atoms with E-state index in [0.717, 1.165) is 24.2 Å². The smallest absolute Gasteiger partial charge is 0.242 e. The van der Waals surface area contributed by atoms with Crippen molar-refractivity contribution < 1.29 is 9.59 Å². The molecule has 1 unspecified atom stereocenters. The number of hydrogen-bond donors (Lipinski definition) is 1. The number of benzene rings is 2. The molecule has 2 aromatic rings. The van der Waals surface area contributed by atoms with Gasteiger partial charge in [-0.25, -0.2) is 0 Å². The molecule has 2 amide bonds. The first kappa shape index (κ1) is 23.0. The normalized spacial score (nSPS) is 11.7. The Balaban J connectivity index is 2.05. The summed E-state index contributed by atoms with van der Waals surface area (Å²) in [5, 5.41) is 3.00. The maximum atomic E-state index is 13.1. The highest BCUT2D eigenvalue weighted by molar-refractivity contribution is 7.99. The van der Waals surface area contributed by atoms with Crippen molar-refractivity contribution in [3.63, 3.8) is 0 Å². The van der Waals surface area contributed by atoms with Gasteiger partial charge in [0.05, 0.1) is 5.75 Å². The summed E-state index contributed by atoms with van der Waals surface area (Å²) in [4.78, 5) is 27.6. The molecule has 0 saturated carbocycles. The Kier molecular flexibility index (Phi) is 10.4. The number of carbonyl (C=O) groups is 2. The van der Waals surface area contributed by atoms with Crippen LogP contribution in [0.25, 0.3) is 0 Å². The summed E-state index contributed by atoms with van der Waals surface area (Å²) in [6.45, 7) is 5.17. The lowest BCUT2D eigenvalue weighted by Crippen LogP contribution is -2.49. The predicted molar refractivity (Wildman–Crippen MR) is 122 cm³/mol. The van der Waals surface area contributed by atoms with Crippen LogP contribution < -0.4 is 5.32 Å². The van der Waals surface area contributed by atoms with Crippen molar-refractivity contribution in [2.45, 2.75) is 51.4 Å². The summed E-state index contributed by atoms with van der Waals surface area (Å²) in [5.74, 6) is 1.09. The molecule has 29 heavy (non-hydrogen) atoms. The number of nitrogens with zero attached hydrogens (tertiary/aromatic N) is 1. The number of rotatable bonds is 12. The van der Waals surface area contributed by atoms with Crippen LogP contribution in [0.1, 0.15) is 44.2 Å². The monoisotopic (exact) mass is 412 g/mol. The van der Waals surface area contributed by atoms with E-state index in [4.69, 9.17) is 0 Å². The first-order valence-corrected chi connectivity index (χ1v) is 11.5. The molecule has 0 fully saturated rings. The molecule has 1 atom stereocenters. The summed E-state index contributed by atoms with van der Waals surface area (Å²) < 4.78 is 0. The van der Waals surface area contributed by atoms with Gasteiger partial charge in [-0.2, -0.15) is 0 Å². The van der Waals surface area contributed by atoms with Crippen molar-refractivity contribution in [3.8, 4) is 0 Å². The molecule has 156 valence electrons. The Morgan fingerprint density at radius 2 is 1.59 bits per heavy atom. The van der Waals surface area contributed by atoms with Crippen LogP contribution in [-0.2, 0) is 21.9 Å². The van der Waals surface area contributed by atoms with Crippen molar-refractivity contribution in [3.05, 3.63) is 71.8 Å². The molecule has 1 N–H and O–H groups in total. The minimum Gasteiger partial charge on any atom is -0.354 e. The molecule has 0 heterocycles. The molecule has 0 aliphatic heterocycles. The number of nitrogens with one attached hydrogen (secondary N) is 1. The van der Waals surface area contributed by atoms with Crippen LogP contribution in [0.2, 0.25) is 0 Å². The fourth-order valence-electron chi connectivity index (χ4n) is 3.12. The third-order valence-electron chi connectivity index (χ3n) is 4.75. The highest BCUT2D eigenvalue weighted by atomic mass is 32.2. The quantitative estimate of drug-likeness (QED) is 0.517. The molecule has 0 radical (unpaired) electrons. The summed E-state index contributed by atoms with van der Waals surface area (Å²) in [6.07, 6.45) is 2.57. The Morgan fingerprint density at radius 3 is 2.17 bits per heavy atom. The highest BCUT2D eigenvalue weighted by Gasteiger charge is 2.28. The van der Waals surface area contributed by atoms with Gasteiger partial charge in [-0.05, 0) is 24.0 Å². The van der Waals surface area contributed by atoms with Crippen LogP contribution in [0, 0.1) is 0 Å². The molecular weight excluding hydrogens is 380 g/mol. The van der Waals surface area contributed by atoms with Crippen LogP contribution in [-0.4, -0.2) is 35.1 Å². The van der Waals surface area contributed by atoms with Gasteiger partial charge in [0.15, 0.2) is 0 Å². The van der Waals surface area contributed by atoms with Crippen LogP contribution in [0.5, 0.6) is 0 Å². The van der Waals surface area contributed by atoms with E-state index in [1.165, 1.54) is 5.56 Å². The van der Waals surface area contributed by atoms with Gasteiger partial charge in [-0.15, -0.1) is 11.8 Å². The molecule has 0 aromatic heterocycles. The van der Waals surface area contributed by atoms with Crippen LogP contribution in [0.15, 0.2) is 60.7 Å². The van der Waals surface area contributed by atoms with Crippen molar-refractivity contribution in [2.24, 2.45) is 0 Å². The zero-order chi connectivity index (χ0) is 20.9. The average Bonchev–Trinajstić information content (AvgIpc) is 2.75. The van der Waals surface area contributed by atoms with Gasteiger partial charge in [0.2, 0.25) is 11.8 Å². The third kappa shape index (κ3) is 7.94. The number of carbonyl (C=O) groups excluding carboxylic acids is 2. The van der Waals surface area contributed by atoms with Crippen molar-refractivity contribution >= 4 is 23.6 Å². The fourth-order valence-corrected chi connectivity index (χ4v) is 3.99. The molecule has 2 aromatic carbocycles. The van der Waals surface area contributed by atoms with Gasteiger partial charge in [-0.3, -0.25) is 9.59 Å². The van der Waals surface area contributed by atoms with E-state index in [9.17, 15) is 9.59 Å². The van der Waals surface area contributed by atoms with Gasteiger partial charge in [0.1, 0.15) is 6.04 Å². The van der Waals surface area contributed by atoms with Gasteiger partial charge in [0, 0.05) is 18.8 Å². The second-order valence-electron chi connectivity index (χ2n) is 7.05. The van der Waals surface area contributed by atoms with E-state index in [0.29, 0.717) is 25.3 Å². The maximum Gasteiger partial charge on any atom is 0.242 e. The van der Waals surface area contributed by atoms with Crippen LogP contribution >= 0.6 is 11.8 Å². The zero-order valence-corrected chi connectivity index (χ0v) is 18.3. The second-order valence-corrected chi connectivity index (χ2v) is 8.04. The van der Waals surface area contributed by atoms with E-state index in [1.807, 2.05) is 55.5 Å². The van der Waals surface area contributed by atoms with E-state index < -0.39 is 6.04 Å². The average molecular weight is 413 g/mol. The highest BCUT2D eigenvalue weighted by Crippen LogP contribution is 2.17. The minimum atomic E-state index is -0.447. The van der Waals surface area contributed by atoms with Crippen molar-refractivity contribution in [2.75, 3.05) is 12.3 Å². The molecule has 0 aliphatic rings. The summed E-state index contributed by atoms with van der Waals surface area (Å²) in [5.41, 5.74) is 2.23. The number of unbranched alkanes of at least 4 members (excludes halogenated alkanes) is 1. The van der Waals surface area contributed by atoms with Gasteiger partial charge < -0.3 is 10.2 Å². The first-order valence-electron chi connectivity index (χ1n) is 10.4. The number of hydrogen-bond acceptors (Lipinski definition) is 3. The number of amides is 2. The standard InChI is InChI=1S/C24H32N2O2S/c1-3-5-16-25-24(28)22(4-2)26(17-20-12-8-6-9-13-20)23(27)19-29-18-21-14-10-7-11-15-21/h6-15,22H,3-5,16-19H2,1-2H3,(H,25,28). The largest absolute Gasteiger partial charge is 0.354 e. The van der Waals surface area contributed by atoms with Gasteiger partial charge >= 0.3 is 0 Å². The topological polar surface area (TPSA) is 49.4 Å². The van der Waals surface area contributed by atoms with Crippen molar-refractivity contribution in [1.82, 2.24) is 10.2 Å². The van der Waals surface area contributed by atoms with Crippen molar-refractivity contribution in [1.29, 1.82) is 0 Å². The Hall–Kier alpha value is -2.27. The predicted octanol–water partition coefficient (Wildman–Crippen LogP) is 4.64. The molecule has 5 heteroatoms. The molecule has 2 rings (SSSR count). The lowest BCUT2D eigenvalue weighted by Gasteiger charge is -2.30. The van der Waals surface area contributed by atoms with Gasteiger partial charge in [-0.1, -0.05) is 80.9 Å². The summed E-state index contributed by atoms with van der Waals surface area (Å²) >= 11 is 1.59. The Morgan fingerprint density at radius 1 is 0.966 bits per heavy atom. The molecule has 0 bridgehead atoms. The Labute approximate surface area is 179 Å². The number of thioether (sulfide) groups is 1. The van der Waals surface area contributed by atoms with E-state index in [1.54, 1.807) is 16.7 Å². The minimum absolute atomic E-state index is 0.00674. The van der Waals surface area contributed by atoms with Crippen LogP contribution in [0.4, 0.5) is 0 Å². The van der Waals surface area contributed by atoms with Gasteiger partial charge in [0.25, 0.3) is 0 Å². The first-order chi connectivity index (χ1) is 14.2. The zero-order valence-electron chi connectivity index (χ0n) is 17.5. The lowest BCUT2D eigenvalue weighted by molar-refractivity contribution is -0.139. The lowest BCUT2D eigenvalue weighted by atomic mass is 10.1. The molecule has 0 aliphatic carbocycles. The molecule has 4 nitrogen and oxygen atoms in total. The second kappa shape index (κ2) is 13.0. The van der Waals surface area contributed by atoms with E-state index >= 15 is 0 Å². The Bertz CT molecular complexity index is 737. The summed E-state index contributed by atoms with van der Waals surface area (Å²) in [7, 11) is 0. The summed E-state index contributed by atoms with van der Waals surface area (Å²) in [6, 6.07) is 19.6. The van der Waals surface area contributed by atoms with E-state index in [-0.39, 0.29) is 11.8 Å². The molecule has 0 saturated heterocycles. The van der Waals surface area contributed by atoms with Crippen LogP contribution in [0.3, 0.4) is 0 Å². The SMILES string of the molecule is CCCCNC(=O)C(CC)N(Cc1ccccc1)C(=O)CSCc1ccccc1. The molecule has 0 spiro atoms. The van der Waals surface area contributed by atoms with E-state index in [2.05, 4.69) is 24.4 Å². The molecular formula is C24H32N2O2S. The maximum absolute atomic E-state index is 13.1. The fraction of sp³-hybridized carbons (Fsp3) is 0.417. The third-order valence-corrected chi connectivity index (χ3v) is 5.74.